The van der Waals surface area contributed by atoms with Crippen LogP contribution < -0.4 is 11.1 Å². The van der Waals surface area contributed by atoms with Crippen molar-refractivity contribution in [3.05, 3.63) is 23.8 Å². The Bertz CT molecular complexity index is 425. The number of methoxy groups -OCH3 is 1. The van der Waals surface area contributed by atoms with E-state index < -0.39 is 0 Å². The molecule has 0 amide bonds. The van der Waals surface area contributed by atoms with Gasteiger partial charge in [-0.1, -0.05) is 6.92 Å². The molecule has 0 aromatic heterocycles. The van der Waals surface area contributed by atoms with Crippen LogP contribution in [0, 0.1) is 5.92 Å². The molecule has 1 aliphatic rings. The van der Waals surface area contributed by atoms with E-state index in [9.17, 15) is 4.79 Å². The van der Waals surface area contributed by atoms with Crippen molar-refractivity contribution in [2.45, 2.75) is 25.8 Å². The molecule has 0 aliphatic heterocycles. The second-order valence-electron chi connectivity index (χ2n) is 4.71. The number of nitrogens with one attached hydrogen (secondary N) is 1. The number of anilines is 2. The van der Waals surface area contributed by atoms with E-state index >= 15 is 0 Å². The van der Waals surface area contributed by atoms with Crippen LogP contribution in [0.5, 0.6) is 0 Å². The molecule has 4 nitrogen and oxygen atoms in total. The van der Waals surface area contributed by atoms with E-state index in [1.165, 1.54) is 7.11 Å². The first-order valence-corrected chi connectivity index (χ1v) is 5.84. The molecule has 1 aromatic carbocycles. The zero-order valence-corrected chi connectivity index (χ0v) is 10.2. The maximum absolute atomic E-state index is 11.4. The van der Waals surface area contributed by atoms with E-state index in [1.54, 1.807) is 18.2 Å². The van der Waals surface area contributed by atoms with Crippen LogP contribution >= 0.6 is 0 Å². The summed E-state index contributed by atoms with van der Waals surface area (Å²) in [4.78, 5) is 11.4. The molecule has 1 aliphatic carbocycles. The third kappa shape index (κ3) is 2.52. The monoisotopic (exact) mass is 234 g/mol. The second kappa shape index (κ2) is 4.65. The van der Waals surface area contributed by atoms with Crippen molar-refractivity contribution in [2.24, 2.45) is 5.92 Å². The summed E-state index contributed by atoms with van der Waals surface area (Å²) in [6.07, 6.45) is 2.31. The topological polar surface area (TPSA) is 64.3 Å². The van der Waals surface area contributed by atoms with Crippen LogP contribution in [-0.4, -0.2) is 19.1 Å². The van der Waals surface area contributed by atoms with Gasteiger partial charge in [-0.15, -0.1) is 0 Å². The summed E-state index contributed by atoms with van der Waals surface area (Å²) in [5, 5.41) is 3.36. The van der Waals surface area contributed by atoms with Crippen LogP contribution in [0.15, 0.2) is 18.2 Å². The van der Waals surface area contributed by atoms with Gasteiger partial charge in [0.1, 0.15) is 0 Å². The van der Waals surface area contributed by atoms with Gasteiger partial charge in [0.05, 0.1) is 24.0 Å². The van der Waals surface area contributed by atoms with E-state index in [2.05, 4.69) is 17.0 Å². The van der Waals surface area contributed by atoms with Crippen LogP contribution in [0.2, 0.25) is 0 Å². The smallest absolute Gasteiger partial charge is 0.337 e. The first kappa shape index (κ1) is 11.8. The Morgan fingerprint density at radius 2 is 2.18 bits per heavy atom. The summed E-state index contributed by atoms with van der Waals surface area (Å²) >= 11 is 0. The number of rotatable bonds is 3. The van der Waals surface area contributed by atoms with Gasteiger partial charge >= 0.3 is 5.97 Å². The summed E-state index contributed by atoms with van der Waals surface area (Å²) in [7, 11) is 1.37. The van der Waals surface area contributed by atoms with E-state index in [-0.39, 0.29) is 5.97 Å². The Morgan fingerprint density at radius 1 is 1.47 bits per heavy atom. The average Bonchev–Trinajstić information content (AvgIpc) is 2.28. The molecule has 0 heterocycles. The highest BCUT2D eigenvalue weighted by atomic mass is 16.5. The van der Waals surface area contributed by atoms with Gasteiger partial charge in [0, 0.05) is 6.04 Å². The van der Waals surface area contributed by atoms with Gasteiger partial charge < -0.3 is 15.8 Å². The lowest BCUT2D eigenvalue weighted by molar-refractivity contribution is 0.0601. The van der Waals surface area contributed by atoms with Crippen LogP contribution in [-0.2, 0) is 4.74 Å². The summed E-state index contributed by atoms with van der Waals surface area (Å²) < 4.78 is 4.69. The normalized spacial score (nSPS) is 22.7. The fourth-order valence-electron chi connectivity index (χ4n) is 2.17. The highest BCUT2D eigenvalue weighted by Gasteiger charge is 2.25. The molecule has 2 rings (SSSR count). The Labute approximate surface area is 101 Å². The molecule has 1 aromatic rings. The van der Waals surface area contributed by atoms with E-state index in [0.717, 1.165) is 24.4 Å². The molecule has 0 spiro atoms. The minimum absolute atomic E-state index is 0.338. The van der Waals surface area contributed by atoms with Gasteiger partial charge in [0.15, 0.2) is 0 Å². The van der Waals surface area contributed by atoms with Crippen molar-refractivity contribution in [1.82, 2.24) is 0 Å². The van der Waals surface area contributed by atoms with Crippen LogP contribution in [0.3, 0.4) is 0 Å². The van der Waals surface area contributed by atoms with Gasteiger partial charge in [0.25, 0.3) is 0 Å². The van der Waals surface area contributed by atoms with Gasteiger partial charge in [-0.3, -0.25) is 0 Å². The summed E-state index contributed by atoms with van der Waals surface area (Å²) in [5.41, 5.74) is 7.89. The first-order chi connectivity index (χ1) is 8.10. The lowest BCUT2D eigenvalue weighted by atomic mass is 9.82. The predicted molar refractivity (Wildman–Crippen MR) is 68.0 cm³/mol. The Morgan fingerprint density at radius 3 is 2.76 bits per heavy atom. The molecule has 0 radical (unpaired) electrons. The quantitative estimate of drug-likeness (QED) is 0.622. The molecule has 92 valence electrons. The van der Waals surface area contributed by atoms with Crippen molar-refractivity contribution in [1.29, 1.82) is 0 Å². The molecule has 0 atom stereocenters. The lowest BCUT2D eigenvalue weighted by Crippen LogP contribution is -2.34. The summed E-state index contributed by atoms with van der Waals surface area (Å²) in [6, 6.07) is 5.64. The highest BCUT2D eigenvalue weighted by Crippen LogP contribution is 2.31. The Balaban J connectivity index is 2.12. The SMILES string of the molecule is COC(=O)c1ccc(N)c(NC2CC(C)C2)c1. The zero-order chi connectivity index (χ0) is 12.4. The van der Waals surface area contributed by atoms with Gasteiger partial charge in [-0.25, -0.2) is 4.79 Å². The number of carbonyl (C=O) groups is 1. The van der Waals surface area contributed by atoms with Crippen LogP contribution in [0.1, 0.15) is 30.1 Å². The van der Waals surface area contributed by atoms with Crippen molar-refractivity contribution < 1.29 is 9.53 Å². The fraction of sp³-hybridized carbons (Fsp3) is 0.462. The predicted octanol–water partition coefficient (Wildman–Crippen LogP) is 2.27. The van der Waals surface area contributed by atoms with E-state index in [4.69, 9.17) is 5.73 Å². The number of nitrogens with two attached hydrogens (primary N) is 1. The molecule has 17 heavy (non-hydrogen) atoms. The lowest BCUT2D eigenvalue weighted by Gasteiger charge is -2.34. The van der Waals surface area contributed by atoms with Crippen molar-refractivity contribution in [2.75, 3.05) is 18.2 Å². The Kier molecular flexibility index (Phi) is 3.22. The molecular formula is C13H18N2O2. The minimum Gasteiger partial charge on any atom is -0.465 e. The first-order valence-electron chi connectivity index (χ1n) is 5.84. The third-order valence-electron chi connectivity index (χ3n) is 3.21. The number of esters is 1. The number of benzene rings is 1. The average molecular weight is 234 g/mol. The maximum atomic E-state index is 11.4. The maximum Gasteiger partial charge on any atom is 0.337 e. The molecule has 1 saturated carbocycles. The van der Waals surface area contributed by atoms with Crippen molar-refractivity contribution in [3.63, 3.8) is 0 Å². The summed E-state index contributed by atoms with van der Waals surface area (Å²) in [6.45, 7) is 2.23. The van der Waals surface area contributed by atoms with E-state index in [1.807, 2.05) is 0 Å². The molecule has 0 unspecified atom stereocenters. The number of carbonyl (C=O) groups excluding carboxylic acids is 1. The highest BCUT2D eigenvalue weighted by molar-refractivity contribution is 5.92. The van der Waals surface area contributed by atoms with Gasteiger partial charge in [-0.05, 0) is 37.0 Å². The third-order valence-corrected chi connectivity index (χ3v) is 3.21. The molecule has 0 saturated heterocycles. The van der Waals surface area contributed by atoms with Crippen molar-refractivity contribution >= 4 is 17.3 Å². The molecule has 1 fully saturated rings. The minimum atomic E-state index is -0.338. The Hall–Kier alpha value is -1.71. The van der Waals surface area contributed by atoms with Crippen molar-refractivity contribution in [3.8, 4) is 0 Å². The number of nitrogen functional groups attached to an aromatic ring is 1. The van der Waals surface area contributed by atoms with Crippen LogP contribution in [0.4, 0.5) is 11.4 Å². The van der Waals surface area contributed by atoms with E-state index in [0.29, 0.717) is 17.3 Å². The molecule has 4 heteroatoms. The molecule has 0 bridgehead atoms. The number of hydrogen-bond acceptors (Lipinski definition) is 4. The zero-order valence-electron chi connectivity index (χ0n) is 10.2. The molecular weight excluding hydrogens is 216 g/mol. The van der Waals surface area contributed by atoms with Crippen LogP contribution in [0.25, 0.3) is 0 Å². The second-order valence-corrected chi connectivity index (χ2v) is 4.71. The number of hydrogen-bond donors (Lipinski definition) is 2. The largest absolute Gasteiger partial charge is 0.465 e. The fourth-order valence-corrected chi connectivity index (χ4v) is 2.17. The standard InChI is InChI=1S/C13H18N2O2/c1-8-5-10(6-8)15-12-7-9(13(16)17-2)3-4-11(12)14/h3-4,7-8,10,15H,5-6,14H2,1-2H3. The van der Waals surface area contributed by atoms with Gasteiger partial charge in [-0.2, -0.15) is 0 Å². The molecule has 3 N–H and O–H groups in total. The number of ether oxygens (including phenoxy) is 1. The summed E-state index contributed by atoms with van der Waals surface area (Å²) in [5.74, 6) is 0.438. The van der Waals surface area contributed by atoms with Gasteiger partial charge in [0.2, 0.25) is 0 Å².